The number of hydrazone groups is 1. The zero-order chi connectivity index (χ0) is 23.8. The van der Waals surface area contributed by atoms with E-state index < -0.39 is 5.97 Å². The van der Waals surface area contributed by atoms with Gasteiger partial charge in [0.05, 0.1) is 37.4 Å². The summed E-state index contributed by atoms with van der Waals surface area (Å²) in [6, 6.07) is 16.4. The molecule has 0 fully saturated rings. The van der Waals surface area contributed by atoms with E-state index in [9.17, 15) is 9.59 Å². The highest BCUT2D eigenvalue weighted by Crippen LogP contribution is 2.27. The highest BCUT2D eigenvalue weighted by molar-refractivity contribution is 6.36. The third kappa shape index (κ3) is 6.71. The van der Waals surface area contributed by atoms with Gasteiger partial charge in [0, 0.05) is 5.02 Å². The van der Waals surface area contributed by atoms with E-state index in [1.54, 1.807) is 55.6 Å². The van der Waals surface area contributed by atoms with Crippen LogP contribution >= 0.6 is 23.2 Å². The molecule has 9 heteroatoms. The summed E-state index contributed by atoms with van der Waals surface area (Å²) in [5.41, 5.74) is 4.14. The van der Waals surface area contributed by atoms with Crippen molar-refractivity contribution < 1.29 is 23.8 Å². The molecular formula is C24H20Cl2N2O5. The van der Waals surface area contributed by atoms with Crippen molar-refractivity contribution in [1.29, 1.82) is 0 Å². The predicted octanol–water partition coefficient (Wildman–Crippen LogP) is 4.92. The third-order valence-electron chi connectivity index (χ3n) is 4.46. The van der Waals surface area contributed by atoms with E-state index in [1.807, 2.05) is 0 Å². The fourth-order valence-corrected chi connectivity index (χ4v) is 3.32. The maximum absolute atomic E-state index is 12.3. The van der Waals surface area contributed by atoms with Gasteiger partial charge in [-0.25, -0.2) is 10.2 Å². The van der Waals surface area contributed by atoms with E-state index in [-0.39, 0.29) is 22.9 Å². The molecular weight excluding hydrogens is 467 g/mol. The van der Waals surface area contributed by atoms with E-state index in [2.05, 4.69) is 10.5 Å². The molecule has 0 aliphatic carbocycles. The summed E-state index contributed by atoms with van der Waals surface area (Å²) in [6.45, 7) is 0. The molecule has 1 N–H and O–H groups in total. The summed E-state index contributed by atoms with van der Waals surface area (Å²) in [7, 11) is 3.08. The Balaban J connectivity index is 1.53. The molecule has 0 aliphatic rings. The Labute approximate surface area is 200 Å². The molecule has 3 rings (SSSR count). The van der Waals surface area contributed by atoms with E-state index in [0.29, 0.717) is 27.8 Å². The number of esters is 1. The summed E-state index contributed by atoms with van der Waals surface area (Å²) in [5, 5.41) is 4.59. The molecule has 3 aromatic carbocycles. The number of nitrogens with zero attached hydrogens (tertiary/aromatic N) is 1. The Morgan fingerprint density at radius 3 is 2.33 bits per heavy atom. The number of rotatable bonds is 8. The number of methoxy groups -OCH3 is 2. The summed E-state index contributed by atoms with van der Waals surface area (Å²) in [6.07, 6.45) is 1.61. The summed E-state index contributed by atoms with van der Waals surface area (Å²) in [4.78, 5) is 24.4. The molecule has 0 aliphatic heterocycles. The first-order valence-electron chi connectivity index (χ1n) is 9.69. The zero-order valence-electron chi connectivity index (χ0n) is 17.8. The summed E-state index contributed by atoms with van der Waals surface area (Å²) < 4.78 is 15.7. The van der Waals surface area contributed by atoms with Gasteiger partial charge in [-0.2, -0.15) is 5.10 Å². The van der Waals surface area contributed by atoms with Gasteiger partial charge in [0.15, 0.2) is 11.5 Å². The van der Waals surface area contributed by atoms with Crippen molar-refractivity contribution in [2.75, 3.05) is 14.2 Å². The monoisotopic (exact) mass is 486 g/mol. The smallest absolute Gasteiger partial charge is 0.345 e. The van der Waals surface area contributed by atoms with E-state index in [0.717, 1.165) is 5.56 Å². The number of halogens is 2. The number of ether oxygens (including phenoxy) is 3. The van der Waals surface area contributed by atoms with Gasteiger partial charge in [0.2, 0.25) is 5.91 Å². The fraction of sp³-hybridized carbons (Fsp3) is 0.125. The van der Waals surface area contributed by atoms with Crippen molar-refractivity contribution >= 4 is 41.3 Å². The molecule has 0 saturated heterocycles. The Morgan fingerprint density at radius 1 is 0.939 bits per heavy atom. The van der Waals surface area contributed by atoms with Gasteiger partial charge < -0.3 is 14.2 Å². The van der Waals surface area contributed by atoms with Crippen molar-refractivity contribution in [2.24, 2.45) is 5.10 Å². The van der Waals surface area contributed by atoms with Crippen LogP contribution in [0.3, 0.4) is 0 Å². The molecule has 0 radical (unpaired) electrons. The van der Waals surface area contributed by atoms with E-state index in [4.69, 9.17) is 37.4 Å². The normalized spacial score (nSPS) is 10.7. The van der Waals surface area contributed by atoms with Gasteiger partial charge in [0.25, 0.3) is 0 Å². The van der Waals surface area contributed by atoms with Crippen molar-refractivity contribution in [3.63, 3.8) is 0 Å². The lowest BCUT2D eigenvalue weighted by Crippen LogP contribution is -2.19. The average Bonchev–Trinajstić information content (AvgIpc) is 2.80. The van der Waals surface area contributed by atoms with Crippen molar-refractivity contribution in [3.05, 3.63) is 87.4 Å². The van der Waals surface area contributed by atoms with Crippen LogP contribution in [0, 0.1) is 0 Å². The predicted molar refractivity (Wildman–Crippen MR) is 127 cm³/mol. The van der Waals surface area contributed by atoms with Crippen LogP contribution in [0.15, 0.2) is 65.8 Å². The van der Waals surface area contributed by atoms with Gasteiger partial charge in [0.1, 0.15) is 5.75 Å². The van der Waals surface area contributed by atoms with Crippen LogP contribution in [0.5, 0.6) is 17.2 Å². The highest BCUT2D eigenvalue weighted by atomic mass is 35.5. The second-order valence-corrected chi connectivity index (χ2v) is 7.59. The molecule has 0 bridgehead atoms. The minimum absolute atomic E-state index is 0.125. The van der Waals surface area contributed by atoms with Crippen LogP contribution < -0.4 is 19.6 Å². The molecule has 0 heterocycles. The summed E-state index contributed by atoms with van der Waals surface area (Å²) >= 11 is 11.9. The highest BCUT2D eigenvalue weighted by Gasteiger charge is 2.13. The van der Waals surface area contributed by atoms with E-state index in [1.165, 1.54) is 25.5 Å². The molecule has 170 valence electrons. The molecule has 1 amide bonds. The number of carbonyl (C=O) groups is 2. The second-order valence-electron chi connectivity index (χ2n) is 6.74. The molecule has 0 atom stereocenters. The van der Waals surface area contributed by atoms with Gasteiger partial charge >= 0.3 is 5.97 Å². The topological polar surface area (TPSA) is 86.2 Å². The lowest BCUT2D eigenvalue weighted by molar-refractivity contribution is -0.120. The standard InChI is InChI=1S/C24H20Cl2N2O5/c1-31-21-10-5-16(11-22(21)32-2)12-23(29)28-27-14-15-3-7-18(8-4-15)33-24(30)19-9-6-17(25)13-20(19)26/h3-11,13-14H,12H2,1-2H3,(H,28,29)/b27-14+. The van der Waals surface area contributed by atoms with Crippen molar-refractivity contribution in [3.8, 4) is 17.2 Å². The van der Waals surface area contributed by atoms with Crippen LogP contribution in [0.1, 0.15) is 21.5 Å². The number of benzene rings is 3. The van der Waals surface area contributed by atoms with Crippen LogP contribution in [-0.2, 0) is 11.2 Å². The molecule has 0 unspecified atom stereocenters. The lowest BCUT2D eigenvalue weighted by Gasteiger charge is -2.09. The largest absolute Gasteiger partial charge is 0.493 e. The fourth-order valence-electron chi connectivity index (χ4n) is 2.83. The minimum atomic E-state index is -0.597. The Kier molecular flexibility index (Phi) is 8.29. The van der Waals surface area contributed by atoms with Crippen LogP contribution in [0.25, 0.3) is 0 Å². The number of hydrogen-bond donors (Lipinski definition) is 1. The lowest BCUT2D eigenvalue weighted by atomic mass is 10.1. The summed E-state index contributed by atoms with van der Waals surface area (Å²) in [5.74, 6) is 0.584. The maximum atomic E-state index is 12.3. The average molecular weight is 487 g/mol. The van der Waals surface area contributed by atoms with Gasteiger partial charge in [-0.15, -0.1) is 0 Å². The molecule has 0 aromatic heterocycles. The van der Waals surface area contributed by atoms with Crippen molar-refractivity contribution in [2.45, 2.75) is 6.42 Å². The molecule has 33 heavy (non-hydrogen) atoms. The van der Waals surface area contributed by atoms with Crippen LogP contribution in [-0.4, -0.2) is 32.3 Å². The van der Waals surface area contributed by atoms with Gasteiger partial charge in [-0.05, 0) is 65.7 Å². The maximum Gasteiger partial charge on any atom is 0.345 e. The zero-order valence-corrected chi connectivity index (χ0v) is 19.3. The first-order chi connectivity index (χ1) is 15.9. The number of nitrogens with one attached hydrogen (secondary N) is 1. The molecule has 0 saturated carbocycles. The molecule has 0 spiro atoms. The van der Waals surface area contributed by atoms with Crippen molar-refractivity contribution in [1.82, 2.24) is 5.43 Å². The number of carbonyl (C=O) groups excluding carboxylic acids is 2. The van der Waals surface area contributed by atoms with Gasteiger partial charge in [-0.1, -0.05) is 29.3 Å². The third-order valence-corrected chi connectivity index (χ3v) is 5.01. The SMILES string of the molecule is COc1ccc(CC(=O)N/N=C/c2ccc(OC(=O)c3ccc(Cl)cc3Cl)cc2)cc1OC. The Bertz CT molecular complexity index is 1180. The first-order valence-corrected chi connectivity index (χ1v) is 10.5. The molecule has 3 aromatic rings. The Hall–Kier alpha value is -3.55. The molecule has 7 nitrogen and oxygen atoms in total. The first kappa shape index (κ1) is 24.1. The number of amides is 1. The second kappa shape index (κ2) is 11.4. The number of hydrogen-bond acceptors (Lipinski definition) is 6. The van der Waals surface area contributed by atoms with Crippen LogP contribution in [0.4, 0.5) is 0 Å². The minimum Gasteiger partial charge on any atom is -0.493 e. The van der Waals surface area contributed by atoms with E-state index >= 15 is 0 Å². The van der Waals surface area contributed by atoms with Crippen LogP contribution in [0.2, 0.25) is 10.0 Å². The van der Waals surface area contributed by atoms with Gasteiger partial charge in [-0.3, -0.25) is 4.79 Å². The quantitative estimate of drug-likeness (QED) is 0.211. The Morgan fingerprint density at radius 2 is 1.67 bits per heavy atom.